The van der Waals surface area contributed by atoms with Crippen LogP contribution in [0.25, 0.3) is 0 Å². The minimum Gasteiger partial charge on any atom is -0.480 e. The van der Waals surface area contributed by atoms with Gasteiger partial charge in [0.2, 0.25) is 118 Å². The third kappa shape index (κ3) is 30.0. The maximum absolute atomic E-state index is 14.5. The van der Waals surface area contributed by atoms with E-state index in [1.807, 2.05) is 0 Å². The van der Waals surface area contributed by atoms with Crippen LogP contribution >= 0.6 is 0 Å². The minimum atomic E-state index is -2.00. The average Bonchev–Trinajstić information content (AvgIpc) is 1.61. The predicted octanol–water partition coefficient (Wildman–Crippen LogP) is -4.97. The molecule has 42 heteroatoms. The van der Waals surface area contributed by atoms with Crippen molar-refractivity contribution in [2.45, 2.75) is 322 Å². The van der Waals surface area contributed by atoms with Gasteiger partial charge in [-0.15, -0.1) is 0 Å². The van der Waals surface area contributed by atoms with Crippen LogP contribution in [0.3, 0.4) is 0 Å². The molecule has 668 valence electrons. The van der Waals surface area contributed by atoms with Gasteiger partial charge in [0.05, 0.1) is 6.54 Å². The second-order valence-electron chi connectivity index (χ2n) is 35.4. The van der Waals surface area contributed by atoms with Crippen LogP contribution in [-0.2, 0) is 101 Å². The van der Waals surface area contributed by atoms with Crippen molar-refractivity contribution in [2.24, 2.45) is 29.2 Å². The van der Waals surface area contributed by atoms with E-state index in [0.29, 0.717) is 6.42 Å². The molecule has 3 fully saturated rings. The maximum Gasteiger partial charge on any atom is 0.326 e. The zero-order valence-corrected chi connectivity index (χ0v) is 72.5. The molecular formula is C77H128N20O22. The van der Waals surface area contributed by atoms with Gasteiger partial charge in [-0.05, 0) is 180 Å². The highest BCUT2D eigenvalue weighted by Gasteiger charge is 2.48. The Kier molecular flexibility index (Phi) is 36.0. The van der Waals surface area contributed by atoms with Crippen LogP contribution in [0, 0.1) is 17.8 Å². The monoisotopic (exact) mass is 1680 g/mol. The van der Waals surface area contributed by atoms with E-state index >= 15 is 0 Å². The molecule has 3 rings (SSSR count). The molecule has 21 N–H and O–H groups in total. The van der Waals surface area contributed by atoms with Crippen LogP contribution in [-0.4, -0.2) is 258 Å². The second kappa shape index (κ2) is 42.0. The number of amides is 20. The summed E-state index contributed by atoms with van der Waals surface area (Å²) in [5, 5.41) is 50.2. The normalized spacial score (nSPS) is 26.7. The molecule has 3 heterocycles. The van der Waals surface area contributed by atoms with E-state index in [1.165, 1.54) is 116 Å². The Bertz CT molecular complexity index is 3890. The second-order valence-corrected chi connectivity index (χ2v) is 35.4. The van der Waals surface area contributed by atoms with Crippen molar-refractivity contribution in [3.63, 3.8) is 0 Å². The fourth-order valence-electron chi connectivity index (χ4n) is 12.7. The third-order valence-electron chi connectivity index (χ3n) is 20.3. The van der Waals surface area contributed by atoms with Gasteiger partial charge in [-0.2, -0.15) is 0 Å². The molecule has 3 saturated heterocycles. The van der Waals surface area contributed by atoms with Crippen molar-refractivity contribution in [2.75, 3.05) is 19.6 Å². The number of primary amides is 2. The number of fused-ring (bicyclic) bond motifs is 2. The lowest BCUT2D eigenvalue weighted by molar-refractivity contribution is -0.146. The van der Waals surface area contributed by atoms with E-state index in [1.54, 1.807) is 41.5 Å². The van der Waals surface area contributed by atoms with Crippen molar-refractivity contribution in [1.82, 2.24) is 94.9 Å². The van der Waals surface area contributed by atoms with Crippen molar-refractivity contribution in [3.8, 4) is 0 Å². The number of carboxylic acid groups (broad SMARTS) is 1. The summed E-state index contributed by atoms with van der Waals surface area (Å²) in [7, 11) is 0. The van der Waals surface area contributed by atoms with E-state index in [-0.39, 0.29) is 44.7 Å². The number of nitrogens with zero attached hydrogens (tertiary/aromatic N) is 2. The first-order valence-electron chi connectivity index (χ1n) is 39.8. The van der Waals surface area contributed by atoms with Gasteiger partial charge in [-0.3, -0.25) is 95.9 Å². The Morgan fingerprint density at radius 1 is 0.437 bits per heavy atom. The summed E-state index contributed by atoms with van der Waals surface area (Å²) in [6, 6.07) is -14.5. The average molecular weight is 1690 g/mol. The lowest BCUT2D eigenvalue weighted by Gasteiger charge is -2.36. The molecule has 0 aliphatic carbocycles. The fraction of sp³-hybridized carbons (Fsp3) is 0.727. The molecule has 0 spiro atoms. The van der Waals surface area contributed by atoms with Crippen molar-refractivity contribution >= 4 is 124 Å². The summed E-state index contributed by atoms with van der Waals surface area (Å²) >= 11 is 0. The summed E-state index contributed by atoms with van der Waals surface area (Å²) in [6.07, 6.45) is -2.31. The summed E-state index contributed by atoms with van der Waals surface area (Å²) in [4.78, 5) is 292. The molecule has 0 saturated carbocycles. The maximum atomic E-state index is 14.5. The molecule has 42 nitrogen and oxygen atoms in total. The minimum absolute atomic E-state index is 0.0204. The first-order chi connectivity index (χ1) is 54.4. The van der Waals surface area contributed by atoms with Gasteiger partial charge in [0.15, 0.2) is 0 Å². The van der Waals surface area contributed by atoms with Gasteiger partial charge in [0, 0.05) is 32.4 Å². The molecule has 10 atom stereocenters. The van der Waals surface area contributed by atoms with E-state index in [4.69, 9.17) is 11.5 Å². The van der Waals surface area contributed by atoms with Crippen LogP contribution in [0.5, 0.6) is 0 Å². The van der Waals surface area contributed by atoms with Gasteiger partial charge in [-0.1, -0.05) is 41.5 Å². The van der Waals surface area contributed by atoms with Gasteiger partial charge < -0.3 is 111 Å². The number of aliphatic carboxylic acids is 1. The SMILES string of the molecule is CC(C)CC1NC(=O)CNC(=O)C(C)(C)NC(=O)C(C(C)C)NC(=O)C(C)(C)NC(=O)C(CCC(N)=O)NC(=O)C(C)NC(=O)C(C)(C)NC(=O)C(C)NC(=O)C(C)(C)NC(=O)C2CCCN2C(=O)CCC(C(=O)NC(CCC(N)=O)C(=O)O)NC(=O)C(C)(C)NC(=O)C(C)(C)NC(=O)C(C(C)C)NC(=O)C2CCCN2C(=O)C(C)(C)NC1=O. The van der Waals surface area contributed by atoms with Crippen molar-refractivity contribution < 1.29 is 106 Å². The van der Waals surface area contributed by atoms with Gasteiger partial charge in [-0.25, -0.2) is 4.79 Å². The summed E-state index contributed by atoms with van der Waals surface area (Å²) in [6.45, 7) is 29.6. The lowest BCUT2D eigenvalue weighted by atomic mass is 9.96. The van der Waals surface area contributed by atoms with E-state index in [0.717, 1.165) is 4.90 Å². The molecular weight excluding hydrogens is 1560 g/mol. The highest BCUT2D eigenvalue weighted by Crippen LogP contribution is 2.26. The molecule has 20 amide bonds. The third-order valence-corrected chi connectivity index (χ3v) is 20.3. The number of rotatable bonds is 13. The zero-order chi connectivity index (χ0) is 91.5. The highest BCUT2D eigenvalue weighted by atomic mass is 16.4. The Hall–Kier alpha value is -11.1. The number of hydrogen-bond acceptors (Lipinski definition) is 21. The van der Waals surface area contributed by atoms with Crippen LogP contribution in [0.4, 0.5) is 0 Å². The van der Waals surface area contributed by atoms with Crippen molar-refractivity contribution in [1.29, 1.82) is 0 Å². The number of nitrogens with two attached hydrogens (primary N) is 2. The Morgan fingerprint density at radius 3 is 1.34 bits per heavy atom. The van der Waals surface area contributed by atoms with Crippen LogP contribution < -0.4 is 96.5 Å². The number of carboxylic acids is 1. The van der Waals surface area contributed by atoms with Crippen LogP contribution in [0.2, 0.25) is 0 Å². The van der Waals surface area contributed by atoms with E-state index in [2.05, 4.69) is 85.1 Å². The molecule has 0 aromatic carbocycles. The highest BCUT2D eigenvalue weighted by molar-refractivity contribution is 6.04. The largest absolute Gasteiger partial charge is 0.480 e. The van der Waals surface area contributed by atoms with Gasteiger partial charge in [0.25, 0.3) is 0 Å². The quantitative estimate of drug-likeness (QED) is 0.0821. The van der Waals surface area contributed by atoms with E-state index in [9.17, 15) is 106 Å². The van der Waals surface area contributed by atoms with Crippen LogP contribution in [0.1, 0.15) is 223 Å². The Morgan fingerprint density at radius 2 is 0.849 bits per heavy atom. The van der Waals surface area contributed by atoms with Gasteiger partial charge in [0.1, 0.15) is 99.2 Å². The molecule has 3 aliphatic heterocycles. The molecule has 0 bridgehead atoms. The standard InChI is InChI=1S/C77H128N20O22/c1-37(2)35-45-58(106)91-77(21,22)70(119)97-34-24-25-46(97)59(107)87-52(38(3)4)61(109)94-76(19,20)69(118)95-75(17,18)67(116)86-42(56(104)85-44(63(111)112)28-31-49(79)99)29-32-51(101)96-33-23-26-47(96)60(108)92-73(13,14)66(115)82-41(8)55(103)89-72(11,12)65(114)81-40(7)54(102)84-43(27-30-48(78)98)57(105)90-74(15,16)68(117)88-53(39(5)6)62(110)93-71(9,10)64(113)80-36-50(100)83-45/h37-47,52-53H,23-36H2,1-22H3,(H2,78,98)(H2,79,99)(H,80,113)(H,81,114)(H,82,115)(H,83,100)(H,84,102)(H,85,104)(H,86,116)(H,87,107)(H,88,117)(H,89,103)(H,90,105)(H,91,106)(H,92,108)(H,93,110)(H,94,109)(H,95,118)(H,111,112). The van der Waals surface area contributed by atoms with Crippen LogP contribution in [0.15, 0.2) is 0 Å². The molecule has 0 aromatic rings. The molecule has 10 unspecified atom stereocenters. The smallest absolute Gasteiger partial charge is 0.326 e. The van der Waals surface area contributed by atoms with E-state index < -0.39 is 280 Å². The number of carbonyl (C=O) groups excluding carboxylic acids is 20. The molecule has 3 aliphatic rings. The number of carbonyl (C=O) groups is 21. The summed E-state index contributed by atoms with van der Waals surface area (Å²) in [5.74, 6) is -21.5. The molecule has 0 aromatic heterocycles. The topological polar surface area (TPSA) is 630 Å². The summed E-state index contributed by atoms with van der Waals surface area (Å²) < 4.78 is 0. The zero-order valence-electron chi connectivity index (χ0n) is 72.5. The first kappa shape index (κ1) is 102. The molecule has 119 heavy (non-hydrogen) atoms. The number of nitrogens with one attached hydrogen (secondary N) is 16. The van der Waals surface area contributed by atoms with Crippen molar-refractivity contribution in [3.05, 3.63) is 0 Å². The first-order valence-corrected chi connectivity index (χ1v) is 39.8. The number of hydrogen-bond donors (Lipinski definition) is 19. The Labute approximate surface area is 693 Å². The Balaban J connectivity index is 2.09. The molecule has 0 radical (unpaired) electrons. The fourth-order valence-corrected chi connectivity index (χ4v) is 12.7. The predicted molar refractivity (Wildman–Crippen MR) is 428 cm³/mol. The summed E-state index contributed by atoms with van der Waals surface area (Å²) in [5.41, 5.74) is -2.33. The van der Waals surface area contributed by atoms with Gasteiger partial charge >= 0.3 is 5.97 Å². The lowest BCUT2D eigenvalue weighted by Crippen LogP contribution is -2.66.